The van der Waals surface area contributed by atoms with Gasteiger partial charge in [-0.05, 0) is 72.2 Å². The number of amides is 2. The monoisotopic (exact) mass is 634 g/mol. The number of imide groups is 1. The van der Waals surface area contributed by atoms with Gasteiger partial charge in [-0.1, -0.05) is 64.9 Å². The molecule has 3 aromatic carbocycles. The molecule has 8 rings (SSSR count). The lowest BCUT2D eigenvalue weighted by molar-refractivity contribution is -0.123. The summed E-state index contributed by atoms with van der Waals surface area (Å²) >= 11 is 15.1. The highest BCUT2D eigenvalue weighted by Gasteiger charge is 2.69. The smallest absolute Gasteiger partial charge is 0.305 e. The molecule has 1 aromatic heterocycles. The van der Waals surface area contributed by atoms with Gasteiger partial charge in [-0.25, -0.2) is 0 Å². The predicted molar refractivity (Wildman–Crippen MR) is 165 cm³/mol. The van der Waals surface area contributed by atoms with Gasteiger partial charge in [0.25, 0.3) is 0 Å². The first-order chi connectivity index (χ1) is 20.4. The number of carbonyl (C=O) groups excluding carboxylic acids is 2. The van der Waals surface area contributed by atoms with Crippen molar-refractivity contribution in [1.29, 1.82) is 0 Å². The summed E-state index contributed by atoms with van der Waals surface area (Å²) in [5.74, 6) is -0.184. The van der Waals surface area contributed by atoms with Crippen LogP contribution < -0.4 is 14.5 Å². The van der Waals surface area contributed by atoms with Crippen molar-refractivity contribution in [3.8, 4) is 5.75 Å². The summed E-state index contributed by atoms with van der Waals surface area (Å²) in [6.07, 6.45) is 0.826. The van der Waals surface area contributed by atoms with E-state index in [0.717, 1.165) is 33.2 Å². The molecular weight excluding hydrogens is 611 g/mol. The highest BCUT2D eigenvalue weighted by Crippen LogP contribution is 2.69. The van der Waals surface area contributed by atoms with Crippen LogP contribution >= 0.6 is 46.3 Å². The van der Waals surface area contributed by atoms with Gasteiger partial charge in [0.05, 0.1) is 22.5 Å². The van der Waals surface area contributed by atoms with E-state index in [4.69, 9.17) is 27.9 Å². The van der Waals surface area contributed by atoms with Crippen molar-refractivity contribution in [3.05, 3.63) is 109 Å². The molecule has 2 bridgehead atoms. The molecule has 2 saturated carbocycles. The first-order valence-electron chi connectivity index (χ1n) is 13.9. The van der Waals surface area contributed by atoms with E-state index < -0.39 is 0 Å². The molecule has 1 saturated heterocycles. The van der Waals surface area contributed by atoms with Crippen molar-refractivity contribution in [3.63, 3.8) is 0 Å². The van der Waals surface area contributed by atoms with Crippen molar-refractivity contribution in [1.82, 2.24) is 4.98 Å². The number of H-pyrrole nitrogens is 1. The molecular formula is C32H24Cl2N2O4S2. The van der Waals surface area contributed by atoms with E-state index in [-0.39, 0.29) is 57.4 Å². The van der Waals surface area contributed by atoms with Crippen LogP contribution in [0.4, 0.5) is 5.69 Å². The molecule has 3 fully saturated rings. The number of rotatable bonds is 5. The Bertz CT molecular complexity index is 1790. The van der Waals surface area contributed by atoms with Crippen molar-refractivity contribution in [2.45, 2.75) is 29.2 Å². The number of nitrogens with zero attached hydrogens (tertiary/aromatic N) is 1. The average Bonchev–Trinajstić information content (AvgIpc) is 3.72. The highest BCUT2D eigenvalue weighted by atomic mass is 35.5. The van der Waals surface area contributed by atoms with Crippen LogP contribution in [-0.2, 0) is 16.2 Å². The summed E-state index contributed by atoms with van der Waals surface area (Å²) in [6, 6.07) is 22.5. The first kappa shape index (κ1) is 26.6. The molecule has 0 radical (unpaired) electrons. The Morgan fingerprint density at radius 1 is 0.857 bits per heavy atom. The second kappa shape index (κ2) is 10.0. The normalized spacial score (nSPS) is 29.0. The Balaban J connectivity index is 1.18. The number of benzene rings is 3. The van der Waals surface area contributed by atoms with E-state index in [0.29, 0.717) is 22.3 Å². The zero-order chi connectivity index (χ0) is 28.7. The van der Waals surface area contributed by atoms with Gasteiger partial charge in [-0.15, -0.1) is 11.8 Å². The van der Waals surface area contributed by atoms with Crippen molar-refractivity contribution in [2.24, 2.45) is 29.6 Å². The standard InChI is InChI=1S/C32H24Cl2N2O4S2/c33-16-7-5-15(6-8-16)14-40-22-4-2-1-3-19(22)23-24-20-13-21(27(24)41-29-28(23)42-32(39)35-29)26-25(20)30(37)36(31(26)38)18-11-9-17(34)10-12-18/h1-12,20-21,23-27H,13-14H2,(H,35,39)/t20?,21?,23-,24?,25?,26?,27?/m1/s1. The number of aromatic nitrogens is 1. The number of ether oxygens (including phenoxy) is 1. The summed E-state index contributed by atoms with van der Waals surface area (Å²) in [4.78, 5) is 45.8. The number of thioether (sulfide) groups is 1. The van der Waals surface area contributed by atoms with Gasteiger partial charge in [-0.2, -0.15) is 0 Å². The fraction of sp³-hybridized carbons (Fsp3) is 0.281. The van der Waals surface area contributed by atoms with Crippen LogP contribution in [0.3, 0.4) is 0 Å². The molecule has 2 aliphatic carbocycles. The van der Waals surface area contributed by atoms with Gasteiger partial charge < -0.3 is 9.72 Å². The minimum absolute atomic E-state index is 0.0194. The van der Waals surface area contributed by atoms with Crippen molar-refractivity contribution in [2.75, 3.05) is 4.90 Å². The molecule has 7 atom stereocenters. The third-order valence-electron chi connectivity index (χ3n) is 9.37. The minimum Gasteiger partial charge on any atom is -0.489 e. The number of aromatic amines is 1. The largest absolute Gasteiger partial charge is 0.489 e. The van der Waals surface area contributed by atoms with E-state index in [1.54, 1.807) is 36.0 Å². The van der Waals surface area contributed by atoms with Gasteiger partial charge in [-0.3, -0.25) is 19.3 Å². The van der Waals surface area contributed by atoms with E-state index in [1.165, 1.54) is 16.2 Å². The SMILES string of the molecule is O=C1C2C3CC(C2C(=O)N1c1ccc(Cl)cc1)C1C3Sc2[nH]c(=O)sc2[C@@H]1c1ccccc1OCc1ccc(Cl)cc1. The second-order valence-electron chi connectivity index (χ2n) is 11.4. The average molecular weight is 636 g/mol. The zero-order valence-corrected chi connectivity index (χ0v) is 25.2. The molecule has 1 N–H and O–H groups in total. The molecule has 2 aliphatic heterocycles. The van der Waals surface area contributed by atoms with Crippen LogP contribution in [0.15, 0.2) is 82.6 Å². The molecule has 2 amide bonds. The molecule has 4 aliphatic rings. The number of anilines is 1. The van der Waals surface area contributed by atoms with Crippen LogP contribution in [0.5, 0.6) is 5.75 Å². The Hall–Kier alpha value is -3.04. The van der Waals surface area contributed by atoms with E-state index in [1.807, 2.05) is 42.5 Å². The number of carbonyl (C=O) groups is 2. The molecule has 6 nitrogen and oxygen atoms in total. The lowest BCUT2D eigenvalue weighted by atomic mass is 9.68. The lowest BCUT2D eigenvalue weighted by Crippen LogP contribution is -2.42. The van der Waals surface area contributed by atoms with E-state index in [9.17, 15) is 14.4 Å². The molecule has 42 heavy (non-hydrogen) atoms. The number of halogens is 2. The van der Waals surface area contributed by atoms with Gasteiger partial charge in [0.1, 0.15) is 12.4 Å². The van der Waals surface area contributed by atoms with E-state index >= 15 is 0 Å². The fourth-order valence-corrected chi connectivity index (χ4v) is 11.0. The predicted octanol–water partition coefficient (Wildman–Crippen LogP) is 7.00. The molecule has 212 valence electrons. The van der Waals surface area contributed by atoms with Crippen LogP contribution in [-0.4, -0.2) is 22.0 Å². The Morgan fingerprint density at radius 2 is 1.52 bits per heavy atom. The molecule has 10 heteroatoms. The first-order valence-corrected chi connectivity index (χ1v) is 16.3. The maximum absolute atomic E-state index is 14.0. The fourth-order valence-electron chi connectivity index (χ4n) is 7.82. The van der Waals surface area contributed by atoms with Crippen LogP contribution in [0.1, 0.15) is 28.3 Å². The zero-order valence-electron chi connectivity index (χ0n) is 22.0. The molecule has 0 spiro atoms. The Kier molecular flexibility index (Phi) is 6.34. The third kappa shape index (κ3) is 4.03. The number of thiazole rings is 1. The summed E-state index contributed by atoms with van der Waals surface area (Å²) in [6.45, 7) is 0.375. The Morgan fingerprint density at radius 3 is 2.26 bits per heavy atom. The topological polar surface area (TPSA) is 79.5 Å². The number of hydrogen-bond donors (Lipinski definition) is 1. The van der Waals surface area contributed by atoms with Gasteiger partial charge >= 0.3 is 4.87 Å². The van der Waals surface area contributed by atoms with Crippen molar-refractivity contribution < 1.29 is 14.3 Å². The highest BCUT2D eigenvalue weighted by molar-refractivity contribution is 8.00. The van der Waals surface area contributed by atoms with Crippen molar-refractivity contribution >= 4 is 63.8 Å². The molecule has 4 aromatic rings. The summed E-state index contributed by atoms with van der Waals surface area (Å²) in [7, 11) is 0. The lowest BCUT2D eigenvalue weighted by Gasteiger charge is -2.43. The minimum atomic E-state index is -0.373. The van der Waals surface area contributed by atoms with Crippen LogP contribution in [0.2, 0.25) is 10.0 Å². The molecule has 3 heterocycles. The third-order valence-corrected chi connectivity index (χ3v) is 12.5. The number of hydrogen-bond acceptors (Lipinski definition) is 6. The quantitative estimate of drug-likeness (QED) is 0.239. The number of para-hydroxylation sites is 1. The van der Waals surface area contributed by atoms with Gasteiger partial charge in [0, 0.05) is 31.7 Å². The second-order valence-corrected chi connectivity index (χ2v) is 14.5. The summed E-state index contributed by atoms with van der Waals surface area (Å²) in [5, 5.41) is 2.20. The van der Waals surface area contributed by atoms with Gasteiger partial charge in [0.2, 0.25) is 11.8 Å². The summed E-state index contributed by atoms with van der Waals surface area (Å²) in [5.41, 5.74) is 2.58. The van der Waals surface area contributed by atoms with Crippen LogP contribution in [0.25, 0.3) is 0 Å². The molecule has 6 unspecified atom stereocenters. The summed E-state index contributed by atoms with van der Waals surface area (Å²) < 4.78 is 6.40. The number of nitrogens with one attached hydrogen (secondary N) is 1. The maximum atomic E-state index is 14.0. The van der Waals surface area contributed by atoms with Crippen LogP contribution in [0, 0.1) is 29.6 Å². The van der Waals surface area contributed by atoms with Gasteiger partial charge in [0.15, 0.2) is 0 Å². The Labute approximate surface area is 260 Å². The number of fused-ring (bicyclic) bond motifs is 9. The van der Waals surface area contributed by atoms with E-state index in [2.05, 4.69) is 11.1 Å². The maximum Gasteiger partial charge on any atom is 0.305 e.